The van der Waals surface area contributed by atoms with Gasteiger partial charge in [-0.3, -0.25) is 9.13 Å². The topological polar surface area (TPSA) is 320 Å². The van der Waals surface area contributed by atoms with E-state index < -0.39 is 52.9 Å². The van der Waals surface area contributed by atoms with E-state index in [4.69, 9.17) is 126 Å². The lowest BCUT2D eigenvalue weighted by Gasteiger charge is -2.18. The molecule has 6 bridgehead atoms. The van der Waals surface area contributed by atoms with Gasteiger partial charge in [0.25, 0.3) is 0 Å². The predicted molar refractivity (Wildman–Crippen MR) is 309 cm³/mol. The molecule has 0 amide bonds. The number of aliphatic imine (C=N–C) groups is 4. The molecule has 430 valence electrons. The van der Waals surface area contributed by atoms with Gasteiger partial charge in [0, 0.05) is 10.8 Å². The van der Waals surface area contributed by atoms with Crippen molar-refractivity contribution in [1.82, 2.24) is 9.13 Å². The third kappa shape index (κ3) is 10.2. The second-order valence-corrected chi connectivity index (χ2v) is 21.2. The fraction of sp³-hybridized carbons (Fsp3) is 0.347. The Morgan fingerprint density at radius 2 is 0.617 bits per heavy atom. The SMILES string of the molecule is OCCOc1c(Cl)c2c(c(Cl)c1OCCO)C1=Nc3c4c(Br)c(OCCO)c(OCCO)c(Cl)c4c4n3Cn3c(c5c(Cl)c(OCCO)c(OCCO)c(Br)c5c3=NC2=N1)=NC1=NC(=N4)c2c(Br)c(OCCO)c(OCCO)c(Cl)c21. The van der Waals surface area contributed by atoms with Crippen LogP contribution in [-0.4, -0.2) is 179 Å². The summed E-state index contributed by atoms with van der Waals surface area (Å²) in [6.45, 7) is -6.02. The molecule has 6 aromatic rings. The van der Waals surface area contributed by atoms with Crippen molar-refractivity contribution >= 4 is 162 Å². The lowest BCUT2D eigenvalue weighted by atomic mass is 10.1. The van der Waals surface area contributed by atoms with Gasteiger partial charge in [-0.1, -0.05) is 58.0 Å². The number of rotatable bonds is 24. The highest BCUT2D eigenvalue weighted by molar-refractivity contribution is 9.11. The van der Waals surface area contributed by atoms with Gasteiger partial charge >= 0.3 is 0 Å². The molecule has 2 aromatic heterocycles. The van der Waals surface area contributed by atoms with Crippen LogP contribution in [-0.2, 0) is 6.67 Å². The molecular weight excluding hydrogens is 1370 g/mol. The number of benzene rings is 4. The number of halogens is 8. The number of hydrogen-bond acceptors (Lipinski definition) is 22. The predicted octanol–water partition coefficient (Wildman–Crippen LogP) is 5.57. The number of nitrogens with zero attached hydrogens (tertiary/aromatic N) is 8. The fourth-order valence-corrected chi connectivity index (χ4v) is 12.8. The van der Waals surface area contributed by atoms with Crippen molar-refractivity contribution in [3.63, 3.8) is 0 Å². The summed E-state index contributed by atoms with van der Waals surface area (Å²) in [5, 5.41) is 80.1. The van der Waals surface area contributed by atoms with Crippen LogP contribution in [0.1, 0.15) is 22.3 Å². The maximum Gasteiger partial charge on any atom is 0.182 e. The van der Waals surface area contributed by atoms with Crippen LogP contribution >= 0.6 is 106 Å². The first-order chi connectivity index (χ1) is 39.3. The van der Waals surface area contributed by atoms with Gasteiger partial charge in [0.2, 0.25) is 0 Å². The van der Waals surface area contributed by atoms with Gasteiger partial charge in [-0.25, -0.2) is 30.0 Å². The second-order valence-electron chi connectivity index (χ2n) is 17.0. The lowest BCUT2D eigenvalue weighted by Crippen LogP contribution is -2.32. The quantitative estimate of drug-likeness (QED) is 0.0367. The largest absolute Gasteiger partial charge is 0.486 e. The van der Waals surface area contributed by atoms with E-state index in [9.17, 15) is 40.9 Å². The Morgan fingerprint density at radius 1 is 0.321 bits per heavy atom. The van der Waals surface area contributed by atoms with Crippen LogP contribution in [0.25, 0.3) is 21.5 Å². The molecule has 32 heteroatoms. The molecule has 81 heavy (non-hydrogen) atoms. The lowest BCUT2D eigenvalue weighted by molar-refractivity contribution is 0.177. The second kappa shape index (κ2) is 25.2. The summed E-state index contributed by atoms with van der Waals surface area (Å²) in [5.74, 6) is -0.897. The molecule has 0 saturated carbocycles. The Kier molecular flexibility index (Phi) is 18.5. The van der Waals surface area contributed by atoms with Crippen molar-refractivity contribution in [2.75, 3.05) is 106 Å². The van der Waals surface area contributed by atoms with E-state index in [0.29, 0.717) is 0 Å². The molecular formula is C49H42Br3Cl5N8O16. The molecule has 0 saturated heterocycles. The minimum Gasteiger partial charge on any atom is -0.486 e. The van der Waals surface area contributed by atoms with Crippen LogP contribution in [0, 0.1) is 0 Å². The van der Waals surface area contributed by atoms with Crippen LogP contribution in [0.5, 0.6) is 46.0 Å². The van der Waals surface area contributed by atoms with Gasteiger partial charge in [-0.05, 0) is 47.8 Å². The molecule has 24 nitrogen and oxygen atoms in total. The summed E-state index contributed by atoms with van der Waals surface area (Å²) in [4.78, 5) is 31.1. The molecule has 0 spiro atoms. The summed E-state index contributed by atoms with van der Waals surface area (Å²) in [5.41, 5.74) is 0.470. The first-order valence-electron chi connectivity index (χ1n) is 24.2. The third-order valence-corrected chi connectivity index (χ3v) is 16.3. The number of aliphatic hydroxyl groups is 8. The summed E-state index contributed by atoms with van der Waals surface area (Å²) in [6, 6.07) is 0. The van der Waals surface area contributed by atoms with Crippen LogP contribution in [0.4, 0.5) is 11.6 Å². The number of fused-ring (bicyclic) bond motifs is 14. The van der Waals surface area contributed by atoms with Gasteiger partial charge in [-0.2, -0.15) is 0 Å². The smallest absolute Gasteiger partial charge is 0.182 e. The van der Waals surface area contributed by atoms with Gasteiger partial charge in [0.05, 0.1) is 124 Å². The first-order valence-corrected chi connectivity index (χ1v) is 28.5. The number of aliphatic hydroxyl groups excluding tert-OH is 8. The molecule has 0 aliphatic carbocycles. The zero-order valence-electron chi connectivity index (χ0n) is 41.5. The number of hydrogen-bond donors (Lipinski definition) is 8. The third-order valence-electron chi connectivity index (χ3n) is 12.2. The van der Waals surface area contributed by atoms with E-state index in [0.717, 1.165) is 0 Å². The van der Waals surface area contributed by atoms with Crippen molar-refractivity contribution in [2.45, 2.75) is 6.67 Å². The standard InChI is InChI=1S/C49H42Br3Cl5N8O16/c50-26-18-21(29(53)37(77-12-4-69)34(26)74-9-1-66)43-58-42(18)60-48-24-19(27(51)35(75-10-2-67)38(32(24)56)78-13-5-70)46-61-44-22-23(31(55)41(81-16-8-73)40(30(22)54)80-15-7-72)45(59-44)62-47-20-25(49(63-43)65(47)17-64(46)48)33(57)39(79-14-6-71)36(28(20)52)76-11-3-68/h66-73H,1-17H2. The number of aromatic nitrogens is 2. The minimum absolute atomic E-state index is 0.00156. The van der Waals surface area contributed by atoms with E-state index >= 15 is 0 Å². The molecule has 6 heterocycles. The molecule has 0 unspecified atom stereocenters. The maximum absolute atomic E-state index is 10.1. The minimum atomic E-state index is -0.454. The van der Waals surface area contributed by atoms with E-state index in [2.05, 4.69) is 47.8 Å². The van der Waals surface area contributed by atoms with Crippen molar-refractivity contribution in [3.05, 3.63) is 71.8 Å². The average Bonchev–Trinajstić information content (AvgIpc) is 4.20. The summed E-state index contributed by atoms with van der Waals surface area (Å²) in [7, 11) is 0. The molecule has 0 fully saturated rings. The number of ether oxygens (including phenoxy) is 8. The number of amidine groups is 4. The Balaban J connectivity index is 1.49. The van der Waals surface area contributed by atoms with Gasteiger partial charge in [0.15, 0.2) is 69.3 Å². The molecule has 0 radical (unpaired) electrons. The van der Waals surface area contributed by atoms with E-state index in [1.807, 2.05) is 0 Å². The fourth-order valence-electron chi connectivity index (χ4n) is 9.24. The highest BCUT2D eigenvalue weighted by atomic mass is 79.9. The Hall–Kier alpha value is -4.79. The molecule has 10 rings (SSSR count). The van der Waals surface area contributed by atoms with E-state index in [1.165, 1.54) is 0 Å². The summed E-state index contributed by atoms with van der Waals surface area (Å²) >= 11 is 48.6. The van der Waals surface area contributed by atoms with Gasteiger partial charge < -0.3 is 78.7 Å². The monoisotopic (exact) mass is 1410 g/mol. The molecule has 4 aliphatic rings. The molecule has 0 atom stereocenters. The maximum atomic E-state index is 10.1. The Morgan fingerprint density at radius 3 is 1.04 bits per heavy atom. The van der Waals surface area contributed by atoms with Crippen LogP contribution in [0.3, 0.4) is 0 Å². The highest BCUT2D eigenvalue weighted by Crippen LogP contribution is 2.57. The van der Waals surface area contributed by atoms with Crippen molar-refractivity contribution in [3.8, 4) is 46.0 Å². The van der Waals surface area contributed by atoms with Gasteiger partial charge in [0.1, 0.15) is 82.1 Å². The zero-order valence-corrected chi connectivity index (χ0v) is 50.0. The van der Waals surface area contributed by atoms with Crippen molar-refractivity contribution in [2.24, 2.45) is 30.0 Å². The van der Waals surface area contributed by atoms with Crippen molar-refractivity contribution in [1.29, 1.82) is 0 Å². The van der Waals surface area contributed by atoms with E-state index in [-0.39, 0.29) is 234 Å². The normalized spacial score (nSPS) is 13.7. The first kappa shape index (κ1) is 59.4. The summed E-state index contributed by atoms with van der Waals surface area (Å²) in [6.07, 6.45) is 0. The average molecular weight is 1420 g/mol. The zero-order chi connectivity index (χ0) is 57.6. The van der Waals surface area contributed by atoms with Crippen LogP contribution < -0.4 is 48.9 Å². The Labute approximate surface area is 506 Å². The van der Waals surface area contributed by atoms with Crippen molar-refractivity contribution < 1.29 is 78.7 Å². The molecule has 4 aromatic carbocycles. The van der Waals surface area contributed by atoms with Crippen LogP contribution in [0.2, 0.25) is 25.1 Å². The van der Waals surface area contributed by atoms with Gasteiger partial charge in [-0.15, -0.1) is 0 Å². The summed E-state index contributed by atoms with van der Waals surface area (Å²) < 4.78 is 52.3. The Bertz CT molecular complexity index is 3600. The molecule has 8 N–H and O–H groups in total. The van der Waals surface area contributed by atoms with E-state index in [1.54, 1.807) is 9.13 Å². The highest BCUT2D eigenvalue weighted by Gasteiger charge is 2.40. The molecule has 4 aliphatic heterocycles. The van der Waals surface area contributed by atoms with Crippen LogP contribution in [0.15, 0.2) is 43.4 Å².